The molecule has 1 N–H and O–H groups in total. The third kappa shape index (κ3) is 9.11. The quantitative estimate of drug-likeness (QED) is 0.294. The first-order valence-electron chi connectivity index (χ1n) is 13.2. The Labute approximate surface area is 250 Å². The standard InChI is InChI=1S/C30H36BrFN4O4S/c1-22(2)19-33-30(38)28(18-23-8-6-5-7-9-23)35(20-24-10-12-25(31)13-11-24)29(37)21-36(41(39,40)34(3)4)27-16-14-26(32)15-17-27/h5-17,22,28H,18-21H2,1-4H3,(H,33,38)/t28-/m0/s1. The summed E-state index contributed by atoms with van der Waals surface area (Å²) in [6.45, 7) is 3.85. The van der Waals surface area contributed by atoms with E-state index in [4.69, 9.17) is 0 Å². The van der Waals surface area contributed by atoms with Crippen LogP contribution in [-0.2, 0) is 32.8 Å². The highest BCUT2D eigenvalue weighted by Crippen LogP contribution is 2.22. The van der Waals surface area contributed by atoms with Crippen molar-refractivity contribution in [3.05, 3.63) is 100 Å². The van der Waals surface area contributed by atoms with Gasteiger partial charge in [-0.05, 0) is 53.4 Å². The Bertz CT molecular complexity index is 1400. The number of hydrogen-bond acceptors (Lipinski definition) is 4. The Morgan fingerprint density at radius 3 is 2.07 bits per heavy atom. The Kier molecular flexibility index (Phi) is 11.5. The van der Waals surface area contributed by atoms with Crippen LogP contribution in [-0.4, -0.2) is 62.7 Å². The van der Waals surface area contributed by atoms with Gasteiger partial charge in [-0.15, -0.1) is 0 Å². The number of hydrogen-bond donors (Lipinski definition) is 1. The van der Waals surface area contributed by atoms with Gasteiger partial charge in [0.05, 0.1) is 5.69 Å². The number of carbonyl (C=O) groups is 2. The fourth-order valence-corrected chi connectivity index (χ4v) is 5.41. The molecule has 3 aromatic rings. The second-order valence-corrected chi connectivity index (χ2v) is 13.2. The third-order valence-electron chi connectivity index (χ3n) is 6.36. The summed E-state index contributed by atoms with van der Waals surface area (Å²) in [5.74, 6) is -1.27. The minimum absolute atomic E-state index is 0.0674. The molecule has 2 amide bonds. The lowest BCUT2D eigenvalue weighted by Crippen LogP contribution is -2.54. The fourth-order valence-electron chi connectivity index (χ4n) is 4.09. The van der Waals surface area contributed by atoms with Gasteiger partial charge in [0.15, 0.2) is 0 Å². The molecule has 0 saturated heterocycles. The molecule has 0 aliphatic carbocycles. The van der Waals surface area contributed by atoms with Gasteiger partial charge in [-0.2, -0.15) is 12.7 Å². The minimum Gasteiger partial charge on any atom is -0.354 e. The SMILES string of the molecule is CC(C)CNC(=O)[C@H](Cc1ccccc1)N(Cc1ccc(Br)cc1)C(=O)CN(c1ccc(F)cc1)S(=O)(=O)N(C)C. The number of benzene rings is 3. The number of carbonyl (C=O) groups excluding carboxylic acids is 2. The van der Waals surface area contributed by atoms with Crippen LogP contribution in [0.5, 0.6) is 0 Å². The average molecular weight is 648 g/mol. The number of nitrogens with zero attached hydrogens (tertiary/aromatic N) is 3. The minimum atomic E-state index is -4.15. The summed E-state index contributed by atoms with van der Waals surface area (Å²) in [4.78, 5) is 29.2. The number of halogens is 2. The smallest absolute Gasteiger partial charge is 0.304 e. The fraction of sp³-hybridized carbons (Fsp3) is 0.333. The van der Waals surface area contributed by atoms with Crippen molar-refractivity contribution in [2.45, 2.75) is 32.9 Å². The van der Waals surface area contributed by atoms with Crippen molar-refractivity contribution in [3.8, 4) is 0 Å². The summed E-state index contributed by atoms with van der Waals surface area (Å²) in [6, 6.07) is 20.7. The maximum Gasteiger partial charge on any atom is 0.304 e. The molecule has 0 fully saturated rings. The highest BCUT2D eigenvalue weighted by atomic mass is 79.9. The zero-order valence-electron chi connectivity index (χ0n) is 23.6. The maximum atomic E-state index is 14.1. The monoisotopic (exact) mass is 646 g/mol. The molecule has 3 aromatic carbocycles. The predicted molar refractivity (Wildman–Crippen MR) is 163 cm³/mol. The number of anilines is 1. The van der Waals surface area contributed by atoms with Crippen molar-refractivity contribution < 1.29 is 22.4 Å². The highest BCUT2D eigenvalue weighted by molar-refractivity contribution is 9.10. The van der Waals surface area contributed by atoms with Gasteiger partial charge in [0.2, 0.25) is 11.8 Å². The maximum absolute atomic E-state index is 14.1. The largest absolute Gasteiger partial charge is 0.354 e. The van der Waals surface area contributed by atoms with Gasteiger partial charge in [-0.1, -0.05) is 72.2 Å². The van der Waals surface area contributed by atoms with Crippen LogP contribution < -0.4 is 9.62 Å². The first kappa shape index (κ1) is 32.2. The van der Waals surface area contributed by atoms with E-state index in [1.165, 1.54) is 31.1 Å². The lowest BCUT2D eigenvalue weighted by Gasteiger charge is -2.34. The van der Waals surface area contributed by atoms with E-state index in [2.05, 4.69) is 21.2 Å². The molecule has 220 valence electrons. The van der Waals surface area contributed by atoms with E-state index in [9.17, 15) is 22.4 Å². The van der Waals surface area contributed by atoms with Gasteiger partial charge in [-0.3, -0.25) is 9.59 Å². The summed E-state index contributed by atoms with van der Waals surface area (Å²) >= 11 is 3.42. The van der Waals surface area contributed by atoms with Crippen LogP contribution in [0.1, 0.15) is 25.0 Å². The lowest BCUT2D eigenvalue weighted by molar-refractivity contribution is -0.140. The van der Waals surface area contributed by atoms with E-state index >= 15 is 0 Å². The van der Waals surface area contributed by atoms with Gasteiger partial charge in [0.25, 0.3) is 0 Å². The van der Waals surface area contributed by atoms with Crippen molar-refractivity contribution in [3.63, 3.8) is 0 Å². The molecule has 0 spiro atoms. The van der Waals surface area contributed by atoms with Gasteiger partial charge < -0.3 is 10.2 Å². The normalized spacial score (nSPS) is 12.3. The predicted octanol–water partition coefficient (Wildman–Crippen LogP) is 4.61. The molecule has 0 saturated carbocycles. The van der Waals surface area contributed by atoms with Crippen LogP contribution >= 0.6 is 15.9 Å². The Hall–Kier alpha value is -3.28. The molecule has 0 heterocycles. The van der Waals surface area contributed by atoms with Crippen LogP contribution in [0, 0.1) is 11.7 Å². The van der Waals surface area contributed by atoms with Crippen molar-refractivity contribution in [2.24, 2.45) is 5.92 Å². The third-order valence-corrected chi connectivity index (χ3v) is 8.70. The molecule has 0 bridgehead atoms. The van der Waals surface area contributed by atoms with E-state index in [1.807, 2.05) is 68.4 Å². The lowest BCUT2D eigenvalue weighted by atomic mass is 10.0. The molecule has 0 radical (unpaired) electrons. The van der Waals surface area contributed by atoms with Crippen LogP contribution in [0.25, 0.3) is 0 Å². The van der Waals surface area contributed by atoms with Gasteiger partial charge in [0.1, 0.15) is 18.4 Å². The first-order valence-corrected chi connectivity index (χ1v) is 15.4. The highest BCUT2D eigenvalue weighted by Gasteiger charge is 2.34. The molecule has 0 aliphatic heterocycles. The Morgan fingerprint density at radius 1 is 0.902 bits per heavy atom. The summed E-state index contributed by atoms with van der Waals surface area (Å²) in [7, 11) is -1.44. The van der Waals surface area contributed by atoms with E-state index in [0.717, 1.165) is 36.3 Å². The van der Waals surface area contributed by atoms with E-state index in [1.54, 1.807) is 0 Å². The van der Waals surface area contributed by atoms with Gasteiger partial charge in [0, 0.05) is 38.1 Å². The summed E-state index contributed by atoms with van der Waals surface area (Å²) < 4.78 is 43.2. The van der Waals surface area contributed by atoms with Crippen molar-refractivity contribution >= 4 is 43.6 Å². The van der Waals surface area contributed by atoms with Crippen molar-refractivity contribution in [1.82, 2.24) is 14.5 Å². The Morgan fingerprint density at radius 2 is 1.51 bits per heavy atom. The van der Waals surface area contributed by atoms with Crippen LogP contribution in [0.4, 0.5) is 10.1 Å². The topological polar surface area (TPSA) is 90.0 Å². The molecule has 1 atom stereocenters. The van der Waals surface area contributed by atoms with E-state index in [0.29, 0.717) is 6.54 Å². The molecule has 0 aromatic heterocycles. The Balaban J connectivity index is 2.07. The summed E-state index contributed by atoms with van der Waals surface area (Å²) in [5.41, 5.74) is 1.74. The molecule has 41 heavy (non-hydrogen) atoms. The van der Waals surface area contributed by atoms with Crippen LogP contribution in [0.15, 0.2) is 83.3 Å². The van der Waals surface area contributed by atoms with Gasteiger partial charge in [-0.25, -0.2) is 8.70 Å². The van der Waals surface area contributed by atoms with E-state index in [-0.39, 0.29) is 30.5 Å². The van der Waals surface area contributed by atoms with Crippen LogP contribution in [0.2, 0.25) is 0 Å². The van der Waals surface area contributed by atoms with Gasteiger partial charge >= 0.3 is 10.2 Å². The molecule has 0 unspecified atom stereocenters. The molecule has 3 rings (SSSR count). The summed E-state index contributed by atoms with van der Waals surface area (Å²) in [5, 5.41) is 2.95. The molecule has 8 nitrogen and oxygen atoms in total. The number of rotatable bonds is 13. The molecule has 11 heteroatoms. The summed E-state index contributed by atoms with van der Waals surface area (Å²) in [6.07, 6.45) is 0.226. The molecular formula is C30H36BrFN4O4S. The number of amides is 2. The van der Waals surface area contributed by atoms with Crippen LogP contribution in [0.3, 0.4) is 0 Å². The zero-order chi connectivity index (χ0) is 30.2. The second-order valence-electron chi connectivity index (χ2n) is 10.3. The molecular weight excluding hydrogens is 611 g/mol. The second kappa shape index (κ2) is 14.6. The number of nitrogens with one attached hydrogen (secondary N) is 1. The average Bonchev–Trinajstić information content (AvgIpc) is 2.94. The zero-order valence-corrected chi connectivity index (χ0v) is 26.0. The first-order chi connectivity index (χ1) is 19.4. The van der Waals surface area contributed by atoms with E-state index < -0.39 is 34.5 Å². The van der Waals surface area contributed by atoms with Crippen molar-refractivity contribution in [2.75, 3.05) is 31.5 Å². The van der Waals surface area contributed by atoms with Crippen molar-refractivity contribution in [1.29, 1.82) is 0 Å². The molecule has 0 aliphatic rings.